The molecule has 0 aliphatic heterocycles. The normalized spacial score (nSPS) is 11.9. The van der Waals surface area contributed by atoms with Gasteiger partial charge in [-0.15, -0.1) is 0 Å². The van der Waals surface area contributed by atoms with Gasteiger partial charge in [0.2, 0.25) is 0 Å². The number of Topliss-reactive ketones (excluding diaryl/α,β-unsaturated/α-hetero) is 1. The van der Waals surface area contributed by atoms with Crippen molar-refractivity contribution >= 4 is 40.7 Å². The molecule has 16 heavy (non-hydrogen) atoms. The summed E-state index contributed by atoms with van der Waals surface area (Å²) in [7, 11) is 0. The van der Waals surface area contributed by atoms with Crippen LogP contribution in [-0.4, -0.2) is 16.9 Å². The zero-order valence-electron chi connectivity index (χ0n) is 7.74. The number of carboxylic acids is 1. The van der Waals surface area contributed by atoms with E-state index in [1.54, 1.807) is 0 Å². The lowest BCUT2D eigenvalue weighted by Crippen LogP contribution is -2.17. The Morgan fingerprint density at radius 3 is 2.12 bits per heavy atom. The molecule has 0 radical (unpaired) electrons. The molecule has 6 heteroatoms. The molecular formula is C10H5Cl2O4-. The Bertz CT molecular complexity index is 462. The molecule has 1 aromatic rings. The minimum Gasteiger partial charge on any atom is -0.871 e. The smallest absolute Gasteiger partial charge is 0.378 e. The molecule has 0 unspecified atom stereocenters. The highest BCUT2D eigenvalue weighted by Crippen LogP contribution is 2.19. The molecule has 0 saturated heterocycles. The number of carbonyl (C=O) groups is 2. The summed E-state index contributed by atoms with van der Waals surface area (Å²) < 4.78 is 0. The molecule has 0 atom stereocenters. The van der Waals surface area contributed by atoms with Crippen molar-refractivity contribution in [2.45, 2.75) is 0 Å². The molecule has 0 heterocycles. The molecule has 0 aliphatic rings. The number of hydrogen-bond acceptors (Lipinski definition) is 3. The van der Waals surface area contributed by atoms with E-state index in [0.29, 0.717) is 5.02 Å². The monoisotopic (exact) mass is 259 g/mol. The summed E-state index contributed by atoms with van der Waals surface area (Å²) in [5.41, 5.74) is 0.101. The van der Waals surface area contributed by atoms with Crippen molar-refractivity contribution in [2.24, 2.45) is 0 Å². The van der Waals surface area contributed by atoms with Gasteiger partial charge < -0.3 is 10.2 Å². The van der Waals surface area contributed by atoms with Crippen LogP contribution in [-0.2, 0) is 9.59 Å². The predicted octanol–water partition coefficient (Wildman–Crippen LogP) is 1.26. The topological polar surface area (TPSA) is 77.4 Å². The highest BCUT2D eigenvalue weighted by molar-refractivity contribution is 6.57. The second-order valence-electron chi connectivity index (χ2n) is 2.78. The van der Waals surface area contributed by atoms with Crippen LogP contribution in [0, 0.1) is 0 Å². The van der Waals surface area contributed by atoms with Gasteiger partial charge in [0.05, 0.1) is 5.03 Å². The summed E-state index contributed by atoms with van der Waals surface area (Å²) in [6.07, 6.45) is 0. The Labute approximate surface area is 101 Å². The molecule has 0 bridgehead atoms. The average Bonchev–Trinajstić information content (AvgIpc) is 2.27. The lowest BCUT2D eigenvalue weighted by Gasteiger charge is -2.13. The minimum atomic E-state index is -1.77. The van der Waals surface area contributed by atoms with Crippen LogP contribution in [0.3, 0.4) is 0 Å². The largest absolute Gasteiger partial charge is 0.871 e. The van der Waals surface area contributed by atoms with Gasteiger partial charge in [0.1, 0.15) is 0 Å². The zero-order valence-corrected chi connectivity index (χ0v) is 9.25. The van der Waals surface area contributed by atoms with E-state index in [-0.39, 0.29) is 5.56 Å². The van der Waals surface area contributed by atoms with E-state index in [4.69, 9.17) is 28.3 Å². The Morgan fingerprint density at radius 2 is 1.69 bits per heavy atom. The average molecular weight is 260 g/mol. The van der Waals surface area contributed by atoms with Crippen molar-refractivity contribution in [2.75, 3.05) is 0 Å². The third kappa shape index (κ3) is 2.74. The first kappa shape index (κ1) is 12.5. The van der Waals surface area contributed by atoms with Crippen molar-refractivity contribution in [3.05, 3.63) is 39.9 Å². The third-order valence-corrected chi connectivity index (χ3v) is 2.29. The highest BCUT2D eigenvalue weighted by atomic mass is 35.5. The van der Waals surface area contributed by atoms with Crippen molar-refractivity contribution in [3.8, 4) is 0 Å². The van der Waals surface area contributed by atoms with Gasteiger partial charge in [-0.3, -0.25) is 4.79 Å². The van der Waals surface area contributed by atoms with Crippen molar-refractivity contribution < 1.29 is 19.8 Å². The van der Waals surface area contributed by atoms with E-state index in [2.05, 4.69) is 0 Å². The Hall–Kier alpha value is -1.52. The Kier molecular flexibility index (Phi) is 3.93. The van der Waals surface area contributed by atoms with Gasteiger partial charge in [0, 0.05) is 5.02 Å². The van der Waals surface area contributed by atoms with Crippen LogP contribution in [0.25, 0.3) is 5.76 Å². The maximum atomic E-state index is 11.5. The van der Waals surface area contributed by atoms with Gasteiger partial charge in [-0.2, -0.15) is 0 Å². The van der Waals surface area contributed by atoms with Crippen LogP contribution in [0.2, 0.25) is 5.02 Å². The van der Waals surface area contributed by atoms with Gasteiger partial charge in [-0.05, 0) is 17.7 Å². The molecule has 84 valence electrons. The van der Waals surface area contributed by atoms with E-state index >= 15 is 0 Å². The minimum absolute atomic E-state index is 0.101. The van der Waals surface area contributed by atoms with E-state index < -0.39 is 22.5 Å². The number of carbonyl (C=O) groups excluding carboxylic acids is 1. The zero-order chi connectivity index (χ0) is 12.3. The molecule has 0 fully saturated rings. The van der Waals surface area contributed by atoms with Crippen LogP contribution >= 0.6 is 23.2 Å². The Morgan fingerprint density at radius 1 is 1.19 bits per heavy atom. The van der Waals surface area contributed by atoms with Gasteiger partial charge in [-0.25, -0.2) is 4.79 Å². The van der Waals surface area contributed by atoms with E-state index in [9.17, 15) is 14.7 Å². The van der Waals surface area contributed by atoms with Crippen LogP contribution in [0.1, 0.15) is 5.56 Å². The van der Waals surface area contributed by atoms with E-state index in [0.717, 1.165) is 0 Å². The molecule has 0 saturated carbocycles. The van der Waals surface area contributed by atoms with Crippen LogP contribution < -0.4 is 5.11 Å². The number of hydrogen-bond donors (Lipinski definition) is 1. The van der Waals surface area contributed by atoms with Gasteiger partial charge in [0.15, 0.2) is 0 Å². The Balaban J connectivity index is 3.13. The first-order valence-corrected chi connectivity index (χ1v) is 4.79. The lowest BCUT2D eigenvalue weighted by atomic mass is 10.1. The number of carboxylic acid groups (broad SMARTS) is 1. The van der Waals surface area contributed by atoms with Crippen molar-refractivity contribution in [3.63, 3.8) is 0 Å². The second kappa shape index (κ2) is 5.01. The van der Waals surface area contributed by atoms with Crippen LogP contribution in [0.4, 0.5) is 0 Å². The maximum absolute atomic E-state index is 11.5. The van der Waals surface area contributed by atoms with Gasteiger partial charge >= 0.3 is 5.97 Å². The third-order valence-electron chi connectivity index (χ3n) is 1.70. The van der Waals surface area contributed by atoms with Gasteiger partial charge in [-0.1, -0.05) is 41.1 Å². The molecule has 0 amide bonds. The molecule has 1 rings (SSSR count). The predicted molar refractivity (Wildman–Crippen MR) is 56.9 cm³/mol. The van der Waals surface area contributed by atoms with Gasteiger partial charge in [0.25, 0.3) is 5.78 Å². The lowest BCUT2D eigenvalue weighted by molar-refractivity contribution is -0.244. The maximum Gasteiger partial charge on any atom is 0.378 e. The van der Waals surface area contributed by atoms with Crippen LogP contribution in [0.15, 0.2) is 29.3 Å². The quantitative estimate of drug-likeness (QED) is 0.504. The number of halogens is 2. The number of benzene rings is 1. The summed E-state index contributed by atoms with van der Waals surface area (Å²) in [6, 6.07) is 5.57. The van der Waals surface area contributed by atoms with E-state index in [1.165, 1.54) is 24.3 Å². The van der Waals surface area contributed by atoms with Crippen LogP contribution in [0.5, 0.6) is 0 Å². The number of ketones is 1. The summed E-state index contributed by atoms with van der Waals surface area (Å²) in [6.45, 7) is 0. The molecule has 0 aliphatic carbocycles. The molecule has 1 aromatic carbocycles. The fraction of sp³-hybridized carbons (Fsp3) is 0. The molecule has 0 spiro atoms. The summed E-state index contributed by atoms with van der Waals surface area (Å²) in [5.74, 6) is -4.04. The van der Waals surface area contributed by atoms with E-state index in [1.807, 2.05) is 0 Å². The van der Waals surface area contributed by atoms with Crippen molar-refractivity contribution in [1.29, 1.82) is 0 Å². The number of aliphatic carboxylic acids is 1. The SMILES string of the molecule is O=C(O)C(=O)C(Cl)=C([O-])c1ccc(Cl)cc1. The standard InChI is InChI=1S/C10H6Cl2O4/c11-6-3-1-5(2-4-6)8(13)7(12)9(14)10(15)16/h1-4,13H,(H,15,16)/p-1. The second-order valence-corrected chi connectivity index (χ2v) is 3.60. The summed E-state index contributed by atoms with van der Waals surface area (Å²) in [4.78, 5) is 21.2. The molecule has 4 nitrogen and oxygen atoms in total. The number of rotatable bonds is 3. The molecule has 1 N–H and O–H groups in total. The fourth-order valence-corrected chi connectivity index (χ4v) is 1.24. The first-order valence-electron chi connectivity index (χ1n) is 4.04. The first-order chi connectivity index (χ1) is 7.43. The highest BCUT2D eigenvalue weighted by Gasteiger charge is 2.16. The van der Waals surface area contributed by atoms with Crippen molar-refractivity contribution in [1.82, 2.24) is 0 Å². The summed E-state index contributed by atoms with van der Waals surface area (Å²) >= 11 is 11.0. The molecular weight excluding hydrogens is 255 g/mol. The fourth-order valence-electron chi connectivity index (χ4n) is 0.925. The molecule has 0 aromatic heterocycles. The summed E-state index contributed by atoms with van der Waals surface area (Å²) in [5, 5.41) is 19.4.